The smallest absolute Gasteiger partial charge is 0.270 e. The van der Waals surface area contributed by atoms with Crippen molar-refractivity contribution in [1.82, 2.24) is 5.32 Å². The van der Waals surface area contributed by atoms with E-state index in [4.69, 9.17) is 12.2 Å². The molecule has 0 saturated heterocycles. The van der Waals surface area contributed by atoms with Gasteiger partial charge in [-0.25, -0.2) is 0 Å². The van der Waals surface area contributed by atoms with Gasteiger partial charge in [0.15, 0.2) is 5.11 Å². The third-order valence-corrected chi connectivity index (χ3v) is 3.73. The number of nitrogens with zero attached hydrogens (tertiary/aromatic N) is 1. The maximum atomic E-state index is 12.2. The van der Waals surface area contributed by atoms with E-state index in [-0.39, 0.29) is 16.4 Å². The van der Waals surface area contributed by atoms with Gasteiger partial charge >= 0.3 is 0 Å². The molecule has 0 aromatic heterocycles. The lowest BCUT2D eigenvalue weighted by Gasteiger charge is -2.15. The molecule has 0 aliphatic rings. The fourth-order valence-corrected chi connectivity index (χ4v) is 2.48. The van der Waals surface area contributed by atoms with Gasteiger partial charge in [0, 0.05) is 23.4 Å². The molecule has 0 aliphatic carbocycles. The zero-order valence-corrected chi connectivity index (χ0v) is 14.1. The van der Waals surface area contributed by atoms with E-state index in [2.05, 4.69) is 10.6 Å². The van der Waals surface area contributed by atoms with Gasteiger partial charge in [-0.2, -0.15) is 0 Å². The Hall–Kier alpha value is -2.80. The van der Waals surface area contributed by atoms with E-state index in [0.717, 1.165) is 23.2 Å². The maximum Gasteiger partial charge on any atom is 0.270 e. The van der Waals surface area contributed by atoms with E-state index in [1.807, 2.05) is 32.0 Å². The van der Waals surface area contributed by atoms with Crippen LogP contribution in [0.15, 0.2) is 42.5 Å². The highest BCUT2D eigenvalue weighted by atomic mass is 32.1. The fraction of sp³-hybridized carbons (Fsp3) is 0.176. The van der Waals surface area contributed by atoms with Gasteiger partial charge in [-0.3, -0.25) is 20.2 Å². The summed E-state index contributed by atoms with van der Waals surface area (Å²) in [5, 5.41) is 16.5. The molecule has 0 heterocycles. The first-order chi connectivity index (χ1) is 11.4. The number of aryl methyl sites for hydroxylation is 2. The third-order valence-electron chi connectivity index (χ3n) is 3.52. The number of rotatable bonds is 4. The van der Waals surface area contributed by atoms with Gasteiger partial charge in [0.2, 0.25) is 0 Å². The van der Waals surface area contributed by atoms with Crippen LogP contribution in [0.5, 0.6) is 0 Å². The lowest BCUT2D eigenvalue weighted by Crippen LogP contribution is -2.34. The van der Waals surface area contributed by atoms with Crippen molar-refractivity contribution in [3.05, 3.63) is 69.3 Å². The molecule has 0 fully saturated rings. The van der Waals surface area contributed by atoms with Crippen LogP contribution in [0, 0.1) is 17.0 Å². The second-order valence-electron chi connectivity index (χ2n) is 5.18. The van der Waals surface area contributed by atoms with Crippen LogP contribution in [0.2, 0.25) is 0 Å². The zero-order chi connectivity index (χ0) is 17.7. The van der Waals surface area contributed by atoms with Crippen LogP contribution in [0.3, 0.4) is 0 Å². The molecule has 0 spiro atoms. The Labute approximate surface area is 145 Å². The number of nitro benzene ring substituents is 1. The molecule has 0 bridgehead atoms. The molecule has 2 N–H and O–H groups in total. The summed E-state index contributed by atoms with van der Waals surface area (Å²) in [5.41, 5.74) is 3.00. The number of amides is 1. The lowest BCUT2D eigenvalue weighted by atomic mass is 10.1. The van der Waals surface area contributed by atoms with Crippen molar-refractivity contribution >= 4 is 34.6 Å². The Morgan fingerprint density at radius 1 is 1.25 bits per heavy atom. The topological polar surface area (TPSA) is 84.3 Å². The van der Waals surface area contributed by atoms with E-state index in [9.17, 15) is 14.9 Å². The first kappa shape index (κ1) is 17.6. The summed E-state index contributed by atoms with van der Waals surface area (Å²) in [6, 6.07) is 11.4. The Morgan fingerprint density at radius 3 is 2.62 bits per heavy atom. The summed E-state index contributed by atoms with van der Waals surface area (Å²) in [6.07, 6.45) is 0.825. The second kappa shape index (κ2) is 7.65. The largest absolute Gasteiger partial charge is 0.332 e. The number of non-ortho nitro benzene ring substituents is 1. The minimum absolute atomic E-state index is 0.145. The predicted octanol–water partition coefficient (Wildman–Crippen LogP) is 3.59. The van der Waals surface area contributed by atoms with Crippen molar-refractivity contribution in [1.29, 1.82) is 0 Å². The molecule has 0 radical (unpaired) electrons. The molecular formula is C17H17N3O3S. The number of nitro groups is 1. The number of para-hydroxylation sites is 1. The molecule has 24 heavy (non-hydrogen) atoms. The van der Waals surface area contributed by atoms with E-state index >= 15 is 0 Å². The number of hydrogen-bond acceptors (Lipinski definition) is 4. The fourth-order valence-electron chi connectivity index (χ4n) is 2.28. The normalized spacial score (nSPS) is 10.1. The van der Waals surface area contributed by atoms with Gasteiger partial charge in [-0.15, -0.1) is 0 Å². The quantitative estimate of drug-likeness (QED) is 0.503. The number of nitrogens with one attached hydrogen (secondary N) is 2. The number of thiocarbonyl (C=S) groups is 1. The van der Waals surface area contributed by atoms with Crippen LogP contribution in [0.1, 0.15) is 28.4 Å². The van der Waals surface area contributed by atoms with Gasteiger partial charge in [0.25, 0.3) is 11.6 Å². The van der Waals surface area contributed by atoms with Crippen molar-refractivity contribution in [3.63, 3.8) is 0 Å². The minimum Gasteiger partial charge on any atom is -0.332 e. The van der Waals surface area contributed by atoms with Gasteiger partial charge < -0.3 is 5.32 Å². The molecule has 0 unspecified atom stereocenters. The van der Waals surface area contributed by atoms with Crippen molar-refractivity contribution in [2.45, 2.75) is 20.3 Å². The highest BCUT2D eigenvalue weighted by Crippen LogP contribution is 2.21. The number of benzene rings is 2. The first-order valence-electron chi connectivity index (χ1n) is 7.37. The van der Waals surface area contributed by atoms with Gasteiger partial charge in [0.05, 0.1) is 4.92 Å². The summed E-state index contributed by atoms with van der Waals surface area (Å²) in [5.74, 6) is -0.497. The number of anilines is 1. The molecular weight excluding hydrogens is 326 g/mol. The van der Waals surface area contributed by atoms with Gasteiger partial charge in [-0.05, 0) is 42.8 Å². The van der Waals surface area contributed by atoms with Gasteiger partial charge in [0.1, 0.15) is 0 Å². The predicted molar refractivity (Wildman–Crippen MR) is 97.3 cm³/mol. The molecule has 124 valence electrons. The molecule has 0 saturated carbocycles. The monoisotopic (exact) mass is 343 g/mol. The molecule has 2 aromatic rings. The summed E-state index contributed by atoms with van der Waals surface area (Å²) in [7, 11) is 0. The molecule has 2 aromatic carbocycles. The highest BCUT2D eigenvalue weighted by Gasteiger charge is 2.13. The van der Waals surface area contributed by atoms with Crippen LogP contribution in [0.25, 0.3) is 0 Å². The Morgan fingerprint density at radius 2 is 1.96 bits per heavy atom. The molecule has 2 rings (SSSR count). The van der Waals surface area contributed by atoms with Crippen molar-refractivity contribution in [2.75, 3.05) is 5.32 Å². The number of carbonyl (C=O) groups is 1. The SMILES string of the molecule is CCc1cccc(C)c1NC(=S)NC(=O)c1cccc([N+](=O)[O-])c1. The third kappa shape index (κ3) is 4.14. The molecule has 0 aliphatic heterocycles. The average molecular weight is 343 g/mol. The Balaban J connectivity index is 2.12. The van der Waals surface area contributed by atoms with Crippen LogP contribution < -0.4 is 10.6 Å². The summed E-state index contributed by atoms with van der Waals surface area (Å²) in [6.45, 7) is 3.98. The van der Waals surface area contributed by atoms with E-state index in [1.54, 1.807) is 0 Å². The van der Waals surface area contributed by atoms with Crippen molar-refractivity contribution < 1.29 is 9.72 Å². The standard InChI is InChI=1S/C17H17N3O3S/c1-3-12-7-4-6-11(2)15(12)18-17(24)19-16(21)13-8-5-9-14(10-13)20(22)23/h4-10H,3H2,1-2H3,(H2,18,19,21,24). The van der Waals surface area contributed by atoms with Crippen LogP contribution in [0.4, 0.5) is 11.4 Å². The van der Waals surface area contributed by atoms with Crippen LogP contribution in [-0.4, -0.2) is 15.9 Å². The molecule has 0 atom stereocenters. The molecule has 6 nitrogen and oxygen atoms in total. The number of carbonyl (C=O) groups excluding carboxylic acids is 1. The van der Waals surface area contributed by atoms with E-state index in [0.29, 0.717) is 0 Å². The highest BCUT2D eigenvalue weighted by molar-refractivity contribution is 7.80. The van der Waals surface area contributed by atoms with Crippen molar-refractivity contribution in [2.24, 2.45) is 0 Å². The summed E-state index contributed by atoms with van der Waals surface area (Å²) >= 11 is 5.19. The number of hydrogen-bond donors (Lipinski definition) is 2. The van der Waals surface area contributed by atoms with Crippen LogP contribution >= 0.6 is 12.2 Å². The minimum atomic E-state index is -0.547. The Bertz CT molecular complexity index is 805. The van der Waals surface area contributed by atoms with Gasteiger partial charge in [-0.1, -0.05) is 31.2 Å². The van der Waals surface area contributed by atoms with Crippen LogP contribution in [-0.2, 0) is 6.42 Å². The zero-order valence-electron chi connectivity index (χ0n) is 13.3. The van der Waals surface area contributed by atoms with E-state index < -0.39 is 10.8 Å². The Kier molecular flexibility index (Phi) is 5.59. The molecule has 1 amide bonds. The molecule has 7 heteroatoms. The first-order valence-corrected chi connectivity index (χ1v) is 7.78. The maximum absolute atomic E-state index is 12.2. The lowest BCUT2D eigenvalue weighted by molar-refractivity contribution is -0.384. The summed E-state index contributed by atoms with van der Waals surface area (Å²) < 4.78 is 0. The second-order valence-corrected chi connectivity index (χ2v) is 5.59. The van der Waals surface area contributed by atoms with E-state index in [1.165, 1.54) is 24.3 Å². The summed E-state index contributed by atoms with van der Waals surface area (Å²) in [4.78, 5) is 22.4. The average Bonchev–Trinajstić information content (AvgIpc) is 2.56. The van der Waals surface area contributed by atoms with Crippen molar-refractivity contribution in [3.8, 4) is 0 Å².